The number of nitrogen functional groups attached to an aromatic ring is 1. The van der Waals surface area contributed by atoms with Gasteiger partial charge in [0, 0.05) is 17.8 Å². The van der Waals surface area contributed by atoms with E-state index in [0.29, 0.717) is 15.9 Å². The fourth-order valence-corrected chi connectivity index (χ4v) is 2.03. The zero-order chi connectivity index (χ0) is 12.7. The summed E-state index contributed by atoms with van der Waals surface area (Å²) in [7, 11) is 0. The lowest BCUT2D eigenvalue weighted by atomic mass is 10.4. The number of fused-ring (bicyclic) bond motifs is 1. The van der Waals surface area contributed by atoms with Crippen LogP contribution in [-0.2, 0) is 0 Å². The minimum atomic E-state index is -0.437. The molecule has 90 valence electrons. The lowest BCUT2D eigenvalue weighted by Crippen LogP contribution is -2.01. The van der Waals surface area contributed by atoms with Crippen molar-refractivity contribution in [2.24, 2.45) is 0 Å². The second-order valence-electron chi connectivity index (χ2n) is 3.65. The van der Waals surface area contributed by atoms with Gasteiger partial charge in [-0.15, -0.1) is 0 Å². The number of hydrogen-bond donors (Lipinski definition) is 1. The maximum atomic E-state index is 13.8. The van der Waals surface area contributed by atoms with E-state index in [1.165, 1.54) is 0 Å². The van der Waals surface area contributed by atoms with Crippen molar-refractivity contribution in [1.82, 2.24) is 19.5 Å². The molecule has 0 radical (unpaired) electrons. The summed E-state index contributed by atoms with van der Waals surface area (Å²) in [5.41, 5.74) is 6.45. The van der Waals surface area contributed by atoms with E-state index in [9.17, 15) is 4.39 Å². The molecule has 3 rings (SSSR count). The zero-order valence-electron chi connectivity index (χ0n) is 9.01. The molecule has 2 N–H and O–H groups in total. The fraction of sp³-hybridized carbons (Fsp3) is 0. The summed E-state index contributed by atoms with van der Waals surface area (Å²) < 4.78 is 15.9. The molecule has 0 bridgehead atoms. The molecule has 0 amide bonds. The number of halogens is 2. The summed E-state index contributed by atoms with van der Waals surface area (Å²) >= 11 is 3.21. The Morgan fingerprint density at radius 1 is 1.28 bits per heavy atom. The number of rotatable bonds is 1. The van der Waals surface area contributed by atoms with Crippen molar-refractivity contribution in [1.29, 1.82) is 0 Å². The van der Waals surface area contributed by atoms with Crippen LogP contribution in [0.15, 0.2) is 35.3 Å². The molecule has 3 aromatic rings. The Morgan fingerprint density at radius 2 is 2.11 bits per heavy atom. The van der Waals surface area contributed by atoms with E-state index in [1.807, 2.05) is 0 Å². The van der Waals surface area contributed by atoms with Crippen LogP contribution in [0.3, 0.4) is 0 Å². The van der Waals surface area contributed by atoms with E-state index in [-0.39, 0.29) is 5.95 Å². The molecule has 0 aromatic carbocycles. The number of anilines is 1. The first-order chi connectivity index (χ1) is 8.65. The maximum Gasteiger partial charge on any atom is 0.221 e. The second kappa shape index (κ2) is 4.02. The lowest BCUT2D eigenvalue weighted by molar-refractivity contribution is 0.612. The van der Waals surface area contributed by atoms with Gasteiger partial charge in [-0.3, -0.25) is 4.57 Å². The van der Waals surface area contributed by atoms with E-state index >= 15 is 0 Å². The summed E-state index contributed by atoms with van der Waals surface area (Å²) in [6.45, 7) is 0. The van der Waals surface area contributed by atoms with Gasteiger partial charge in [0.2, 0.25) is 5.95 Å². The van der Waals surface area contributed by atoms with Gasteiger partial charge >= 0.3 is 0 Å². The van der Waals surface area contributed by atoms with Gasteiger partial charge in [0.15, 0.2) is 5.82 Å². The largest absolute Gasteiger partial charge is 0.368 e. The highest BCUT2D eigenvalue weighted by Gasteiger charge is 2.10. The number of aromatic nitrogens is 4. The smallest absolute Gasteiger partial charge is 0.221 e. The minimum absolute atomic E-state index is 0.149. The van der Waals surface area contributed by atoms with Gasteiger partial charge in [-0.25, -0.2) is 14.4 Å². The average Bonchev–Trinajstić information content (AvgIpc) is 2.75. The van der Waals surface area contributed by atoms with Crippen LogP contribution in [0.4, 0.5) is 10.3 Å². The van der Waals surface area contributed by atoms with Gasteiger partial charge in [-0.1, -0.05) is 0 Å². The van der Waals surface area contributed by atoms with Crippen molar-refractivity contribution in [2.75, 3.05) is 5.73 Å². The summed E-state index contributed by atoms with van der Waals surface area (Å²) in [4.78, 5) is 11.8. The molecule has 0 aliphatic heterocycles. The van der Waals surface area contributed by atoms with Crippen LogP contribution < -0.4 is 5.73 Å². The van der Waals surface area contributed by atoms with Crippen LogP contribution in [0.2, 0.25) is 0 Å². The molecule has 18 heavy (non-hydrogen) atoms. The summed E-state index contributed by atoms with van der Waals surface area (Å²) in [5, 5.41) is 0.788. The van der Waals surface area contributed by atoms with Gasteiger partial charge in [0.1, 0.15) is 10.3 Å². The summed E-state index contributed by atoms with van der Waals surface area (Å²) in [6.07, 6.45) is 4.46. The third-order valence-corrected chi connectivity index (χ3v) is 2.94. The van der Waals surface area contributed by atoms with Gasteiger partial charge in [0.25, 0.3) is 0 Å². The van der Waals surface area contributed by atoms with Crippen molar-refractivity contribution < 1.29 is 4.39 Å². The second-order valence-corrected chi connectivity index (χ2v) is 4.46. The molecule has 0 aliphatic rings. The Labute approximate surface area is 110 Å². The molecule has 3 aromatic heterocycles. The van der Waals surface area contributed by atoms with Crippen LogP contribution in [0, 0.1) is 5.82 Å². The maximum absolute atomic E-state index is 13.8. The molecule has 0 aliphatic carbocycles. The number of nitrogens with zero attached hydrogens (tertiary/aromatic N) is 4. The van der Waals surface area contributed by atoms with Crippen molar-refractivity contribution in [3.63, 3.8) is 0 Å². The first-order valence-electron chi connectivity index (χ1n) is 5.06. The highest BCUT2D eigenvalue weighted by molar-refractivity contribution is 9.10. The van der Waals surface area contributed by atoms with Crippen molar-refractivity contribution in [3.05, 3.63) is 41.1 Å². The highest BCUT2D eigenvalue weighted by Crippen LogP contribution is 2.22. The summed E-state index contributed by atoms with van der Waals surface area (Å²) in [6, 6.07) is 3.37. The Morgan fingerprint density at radius 3 is 2.94 bits per heavy atom. The molecule has 7 heteroatoms. The summed E-state index contributed by atoms with van der Waals surface area (Å²) in [5.74, 6) is -0.288. The van der Waals surface area contributed by atoms with Crippen LogP contribution >= 0.6 is 15.9 Å². The minimum Gasteiger partial charge on any atom is -0.368 e. The van der Waals surface area contributed by atoms with Crippen LogP contribution in [0.1, 0.15) is 0 Å². The van der Waals surface area contributed by atoms with Crippen molar-refractivity contribution in [2.45, 2.75) is 0 Å². The standard InChI is InChI=1S/C11H7BrFN5/c12-9-3-8(7(13)5-15-9)18-2-1-6-4-16-11(14)17-10(6)18/h1-5H,(H2,14,16,17). The average molecular weight is 308 g/mol. The van der Waals surface area contributed by atoms with E-state index in [2.05, 4.69) is 30.9 Å². The van der Waals surface area contributed by atoms with Crippen LogP contribution in [0.5, 0.6) is 0 Å². The quantitative estimate of drug-likeness (QED) is 0.700. The molecule has 0 saturated carbocycles. The number of hydrogen-bond acceptors (Lipinski definition) is 4. The highest BCUT2D eigenvalue weighted by atomic mass is 79.9. The van der Waals surface area contributed by atoms with Gasteiger partial charge in [-0.05, 0) is 28.1 Å². The zero-order valence-corrected chi connectivity index (χ0v) is 10.6. The Bertz CT molecular complexity index is 739. The van der Waals surface area contributed by atoms with E-state index in [1.54, 1.807) is 29.1 Å². The third-order valence-electron chi connectivity index (χ3n) is 2.51. The monoisotopic (exact) mass is 307 g/mol. The fourth-order valence-electron chi connectivity index (χ4n) is 1.71. The van der Waals surface area contributed by atoms with Crippen molar-refractivity contribution in [3.8, 4) is 5.69 Å². The third kappa shape index (κ3) is 1.72. The van der Waals surface area contributed by atoms with Crippen LogP contribution in [0.25, 0.3) is 16.7 Å². The van der Waals surface area contributed by atoms with E-state index in [4.69, 9.17) is 5.73 Å². The van der Waals surface area contributed by atoms with E-state index in [0.717, 1.165) is 11.6 Å². The molecular formula is C11H7BrFN5. The van der Waals surface area contributed by atoms with Crippen LogP contribution in [-0.4, -0.2) is 19.5 Å². The van der Waals surface area contributed by atoms with Gasteiger partial charge < -0.3 is 5.73 Å². The Hall–Kier alpha value is -2.02. The molecular weight excluding hydrogens is 301 g/mol. The topological polar surface area (TPSA) is 69.6 Å². The molecule has 0 fully saturated rings. The predicted molar refractivity (Wildman–Crippen MR) is 68.7 cm³/mol. The molecule has 5 nitrogen and oxygen atoms in total. The molecule has 0 atom stereocenters. The molecule has 3 heterocycles. The number of pyridine rings is 1. The Balaban J connectivity index is 2.31. The van der Waals surface area contributed by atoms with Gasteiger partial charge in [-0.2, -0.15) is 4.98 Å². The van der Waals surface area contributed by atoms with Gasteiger partial charge in [0.05, 0.1) is 11.9 Å². The molecule has 0 saturated heterocycles. The SMILES string of the molecule is Nc1ncc2ccn(-c3cc(Br)ncc3F)c2n1. The first-order valence-corrected chi connectivity index (χ1v) is 5.85. The first kappa shape index (κ1) is 11.1. The molecule has 0 spiro atoms. The predicted octanol–water partition coefficient (Wildman–Crippen LogP) is 2.30. The molecule has 0 unspecified atom stereocenters. The van der Waals surface area contributed by atoms with Crippen molar-refractivity contribution >= 4 is 32.9 Å². The van der Waals surface area contributed by atoms with E-state index < -0.39 is 5.82 Å². The normalized spacial score (nSPS) is 11.0. The number of nitrogens with two attached hydrogens (primary N) is 1. The lowest BCUT2D eigenvalue weighted by Gasteiger charge is -2.06. The Kier molecular flexibility index (Phi) is 2.48.